The molecule has 1 atom stereocenters. The Kier molecular flexibility index (Phi) is 5.92. The van der Waals surface area contributed by atoms with Crippen LogP contribution in [0.2, 0.25) is 0 Å². The predicted octanol–water partition coefficient (Wildman–Crippen LogP) is -0.528. The van der Waals surface area contributed by atoms with E-state index in [2.05, 4.69) is 15.1 Å². The van der Waals surface area contributed by atoms with E-state index in [1.54, 1.807) is 11.8 Å². The van der Waals surface area contributed by atoms with Crippen molar-refractivity contribution in [3.05, 3.63) is 5.89 Å². The molecule has 2 amide bonds. The van der Waals surface area contributed by atoms with E-state index in [9.17, 15) is 9.59 Å². The summed E-state index contributed by atoms with van der Waals surface area (Å²) < 4.78 is 10.9. The molecule has 0 aliphatic carbocycles. The maximum absolute atomic E-state index is 12.6. The van der Waals surface area contributed by atoms with Crippen LogP contribution >= 0.6 is 11.8 Å². The molecular formula is C15H23N5O4S. The Labute approximate surface area is 150 Å². The number of amides is 2. The normalized spacial score (nSPS) is 22.2. The molecule has 1 aromatic heterocycles. The van der Waals surface area contributed by atoms with Crippen LogP contribution in [-0.4, -0.2) is 101 Å². The summed E-state index contributed by atoms with van der Waals surface area (Å²) in [6, 6.07) is 0. The number of nitrogens with zero attached hydrogens (tertiary/aromatic N) is 5. The minimum absolute atomic E-state index is 0.0224. The summed E-state index contributed by atoms with van der Waals surface area (Å²) in [5.41, 5.74) is 0. The van der Waals surface area contributed by atoms with E-state index in [1.165, 1.54) is 11.8 Å². The first-order chi connectivity index (χ1) is 12.0. The van der Waals surface area contributed by atoms with Crippen molar-refractivity contribution in [2.45, 2.75) is 18.3 Å². The molecule has 3 rings (SSSR count). The van der Waals surface area contributed by atoms with Crippen LogP contribution in [0, 0.1) is 6.92 Å². The standard InChI is InChI=1S/C15H23N5O4S/c1-11-16-17-15(24-11)25-10-13(21)20-7-8-23-12(9-20)14(22)19-5-3-18(2)4-6-19/h12H,3-10H2,1-2H3. The van der Waals surface area contributed by atoms with E-state index < -0.39 is 6.10 Å². The Morgan fingerprint density at radius 3 is 2.60 bits per heavy atom. The van der Waals surface area contributed by atoms with Crippen LogP contribution in [0.15, 0.2) is 9.64 Å². The Morgan fingerprint density at radius 2 is 1.92 bits per heavy atom. The minimum Gasteiger partial charge on any atom is -0.416 e. The first kappa shape index (κ1) is 18.2. The van der Waals surface area contributed by atoms with Crippen LogP contribution in [0.1, 0.15) is 5.89 Å². The van der Waals surface area contributed by atoms with Crippen LogP contribution in [0.3, 0.4) is 0 Å². The maximum atomic E-state index is 12.6. The molecule has 1 aromatic rings. The van der Waals surface area contributed by atoms with Crippen LogP contribution in [0.4, 0.5) is 0 Å². The van der Waals surface area contributed by atoms with Crippen LogP contribution in [0.5, 0.6) is 0 Å². The monoisotopic (exact) mass is 369 g/mol. The fourth-order valence-corrected chi connectivity index (χ4v) is 3.51. The summed E-state index contributed by atoms with van der Waals surface area (Å²) in [6.07, 6.45) is -0.572. The van der Waals surface area contributed by atoms with Gasteiger partial charge in [-0.25, -0.2) is 0 Å². The lowest BCUT2D eigenvalue weighted by Gasteiger charge is -2.37. The number of morpholine rings is 1. The number of aryl methyl sites for hydroxylation is 1. The summed E-state index contributed by atoms with van der Waals surface area (Å²) in [4.78, 5) is 30.7. The summed E-state index contributed by atoms with van der Waals surface area (Å²) in [6.45, 7) is 6.01. The third kappa shape index (κ3) is 4.71. The lowest BCUT2D eigenvalue weighted by atomic mass is 10.2. The van der Waals surface area contributed by atoms with Gasteiger partial charge in [-0.3, -0.25) is 9.59 Å². The molecule has 0 spiro atoms. The zero-order valence-corrected chi connectivity index (χ0v) is 15.3. The molecule has 0 N–H and O–H groups in total. The Hall–Kier alpha value is -1.65. The number of carbonyl (C=O) groups excluding carboxylic acids is 2. The van der Waals surface area contributed by atoms with Gasteiger partial charge in [-0.1, -0.05) is 11.8 Å². The van der Waals surface area contributed by atoms with Gasteiger partial charge in [0.05, 0.1) is 18.9 Å². The summed E-state index contributed by atoms with van der Waals surface area (Å²) in [5.74, 6) is 0.599. The number of rotatable bonds is 4. The van der Waals surface area contributed by atoms with E-state index in [-0.39, 0.29) is 17.6 Å². The number of thioether (sulfide) groups is 1. The molecule has 25 heavy (non-hydrogen) atoms. The molecule has 0 saturated carbocycles. The molecule has 2 saturated heterocycles. The van der Waals surface area contributed by atoms with Gasteiger partial charge in [-0.15, -0.1) is 10.2 Å². The quantitative estimate of drug-likeness (QED) is 0.654. The van der Waals surface area contributed by atoms with Gasteiger partial charge in [0.25, 0.3) is 11.1 Å². The average Bonchev–Trinajstić information content (AvgIpc) is 3.05. The predicted molar refractivity (Wildman–Crippen MR) is 90.2 cm³/mol. The average molecular weight is 369 g/mol. The molecule has 9 nitrogen and oxygen atoms in total. The second-order valence-electron chi connectivity index (χ2n) is 6.20. The van der Waals surface area contributed by atoms with Gasteiger partial charge in [0.1, 0.15) is 0 Å². The highest BCUT2D eigenvalue weighted by molar-refractivity contribution is 7.99. The fourth-order valence-electron chi connectivity index (χ4n) is 2.81. The third-order valence-corrected chi connectivity index (χ3v) is 5.14. The van der Waals surface area contributed by atoms with Crippen LogP contribution in [0.25, 0.3) is 0 Å². The molecule has 1 unspecified atom stereocenters. The summed E-state index contributed by atoms with van der Waals surface area (Å²) in [7, 11) is 2.04. The zero-order valence-electron chi connectivity index (χ0n) is 14.5. The van der Waals surface area contributed by atoms with E-state index >= 15 is 0 Å². The molecule has 2 fully saturated rings. The van der Waals surface area contributed by atoms with E-state index in [1.807, 2.05) is 11.9 Å². The highest BCUT2D eigenvalue weighted by Gasteiger charge is 2.33. The first-order valence-electron chi connectivity index (χ1n) is 8.32. The SMILES string of the molecule is Cc1nnc(SCC(=O)N2CCOC(C(=O)N3CCN(C)CC3)C2)o1. The van der Waals surface area contributed by atoms with Crippen molar-refractivity contribution < 1.29 is 18.7 Å². The fraction of sp³-hybridized carbons (Fsp3) is 0.733. The van der Waals surface area contributed by atoms with Gasteiger partial charge in [-0.05, 0) is 7.05 Å². The van der Waals surface area contributed by atoms with Crippen molar-refractivity contribution >= 4 is 23.6 Å². The number of carbonyl (C=O) groups is 2. The number of hydrogen-bond acceptors (Lipinski definition) is 8. The molecular weight excluding hydrogens is 346 g/mol. The van der Waals surface area contributed by atoms with Gasteiger partial charge in [0.15, 0.2) is 6.10 Å². The molecule has 138 valence electrons. The van der Waals surface area contributed by atoms with Gasteiger partial charge in [0.2, 0.25) is 11.8 Å². The Morgan fingerprint density at radius 1 is 1.16 bits per heavy atom. The van der Waals surface area contributed by atoms with Crippen molar-refractivity contribution in [1.29, 1.82) is 0 Å². The Balaban J connectivity index is 1.49. The lowest BCUT2D eigenvalue weighted by Crippen LogP contribution is -2.56. The minimum atomic E-state index is -0.572. The number of hydrogen-bond donors (Lipinski definition) is 0. The molecule has 0 aromatic carbocycles. The van der Waals surface area contributed by atoms with Crippen molar-refractivity contribution in [2.75, 3.05) is 58.7 Å². The number of piperazine rings is 1. The first-order valence-corrected chi connectivity index (χ1v) is 9.31. The van der Waals surface area contributed by atoms with Gasteiger partial charge in [0, 0.05) is 39.6 Å². The molecule has 3 heterocycles. The summed E-state index contributed by atoms with van der Waals surface area (Å²) in [5, 5.41) is 7.97. The zero-order chi connectivity index (χ0) is 17.8. The Bertz CT molecular complexity index is 617. The number of ether oxygens (including phenoxy) is 1. The number of aromatic nitrogens is 2. The molecule has 2 aliphatic rings. The van der Waals surface area contributed by atoms with E-state index in [0.717, 1.165) is 13.1 Å². The second-order valence-corrected chi connectivity index (χ2v) is 7.13. The van der Waals surface area contributed by atoms with E-state index in [4.69, 9.17) is 9.15 Å². The van der Waals surface area contributed by atoms with Crippen molar-refractivity contribution in [3.8, 4) is 0 Å². The second kappa shape index (κ2) is 8.15. The smallest absolute Gasteiger partial charge is 0.277 e. The van der Waals surface area contributed by atoms with Crippen LogP contribution in [-0.2, 0) is 14.3 Å². The van der Waals surface area contributed by atoms with Gasteiger partial charge in [-0.2, -0.15) is 0 Å². The number of likely N-dealkylation sites (N-methyl/N-ethyl adjacent to an activating group) is 1. The van der Waals surface area contributed by atoms with Crippen molar-refractivity contribution in [3.63, 3.8) is 0 Å². The maximum Gasteiger partial charge on any atom is 0.277 e. The highest BCUT2D eigenvalue weighted by atomic mass is 32.2. The molecule has 10 heteroatoms. The lowest BCUT2D eigenvalue weighted by molar-refractivity contribution is -0.154. The highest BCUT2D eigenvalue weighted by Crippen LogP contribution is 2.18. The van der Waals surface area contributed by atoms with Gasteiger partial charge >= 0.3 is 0 Å². The van der Waals surface area contributed by atoms with Crippen LogP contribution < -0.4 is 0 Å². The molecule has 2 aliphatic heterocycles. The van der Waals surface area contributed by atoms with Gasteiger partial charge < -0.3 is 23.9 Å². The molecule has 0 bridgehead atoms. The molecule has 0 radical (unpaired) electrons. The largest absolute Gasteiger partial charge is 0.416 e. The van der Waals surface area contributed by atoms with Crippen molar-refractivity contribution in [2.24, 2.45) is 0 Å². The third-order valence-electron chi connectivity index (χ3n) is 4.34. The van der Waals surface area contributed by atoms with Crippen molar-refractivity contribution in [1.82, 2.24) is 24.9 Å². The summed E-state index contributed by atoms with van der Waals surface area (Å²) >= 11 is 1.21. The topological polar surface area (TPSA) is 92.0 Å². The van der Waals surface area contributed by atoms with E-state index in [0.29, 0.717) is 43.9 Å².